The van der Waals surface area contributed by atoms with E-state index in [2.05, 4.69) is 0 Å². The smallest absolute Gasteiger partial charge is 0.339 e. The molecular formula is C23H16O12. The number of esters is 4. The molecule has 2 aromatic rings. The largest absolute Gasteiger partial charge is 0.478 e. The van der Waals surface area contributed by atoms with E-state index in [0.717, 1.165) is 45.9 Å². The van der Waals surface area contributed by atoms with Gasteiger partial charge in [-0.2, -0.15) is 0 Å². The Hall–Kier alpha value is -4.87. The molecule has 0 aliphatic heterocycles. The summed E-state index contributed by atoms with van der Waals surface area (Å²) in [5.74, 6) is -9.71. The van der Waals surface area contributed by atoms with Gasteiger partial charge in [0, 0.05) is 33.8 Å². The van der Waals surface area contributed by atoms with Crippen LogP contribution in [-0.2, 0) is 19.2 Å². The van der Waals surface area contributed by atoms with E-state index in [4.69, 9.17) is 18.9 Å². The maximum absolute atomic E-state index is 13.7. The Morgan fingerprint density at radius 1 is 0.600 bits per heavy atom. The van der Waals surface area contributed by atoms with E-state index in [1.807, 2.05) is 0 Å². The average molecular weight is 484 g/mol. The topological polar surface area (TPSA) is 177 Å². The van der Waals surface area contributed by atoms with Crippen molar-refractivity contribution in [3.8, 4) is 23.0 Å². The van der Waals surface area contributed by atoms with Crippen LogP contribution in [0.25, 0.3) is 0 Å². The van der Waals surface area contributed by atoms with Crippen molar-refractivity contribution >= 4 is 41.4 Å². The molecule has 35 heavy (non-hydrogen) atoms. The van der Waals surface area contributed by atoms with Gasteiger partial charge in [-0.1, -0.05) is 0 Å². The van der Waals surface area contributed by atoms with E-state index in [9.17, 15) is 38.7 Å². The molecule has 0 heterocycles. The maximum Gasteiger partial charge on any atom is 0.339 e. The van der Waals surface area contributed by atoms with Crippen LogP contribution in [0, 0.1) is 0 Å². The molecule has 0 amide bonds. The highest BCUT2D eigenvalue weighted by atomic mass is 16.6. The highest BCUT2D eigenvalue weighted by Gasteiger charge is 2.42. The first-order chi connectivity index (χ1) is 16.3. The zero-order valence-electron chi connectivity index (χ0n) is 18.7. The molecule has 0 fully saturated rings. The summed E-state index contributed by atoms with van der Waals surface area (Å²) in [6, 6.07) is 2.95. The maximum atomic E-state index is 13.7. The number of hydrogen-bond donors (Lipinski definition) is 1. The Kier molecular flexibility index (Phi) is 6.49. The van der Waals surface area contributed by atoms with Crippen LogP contribution in [0.1, 0.15) is 69.9 Å². The van der Waals surface area contributed by atoms with Crippen LogP contribution < -0.4 is 18.9 Å². The van der Waals surface area contributed by atoms with E-state index in [1.165, 1.54) is 0 Å². The van der Waals surface area contributed by atoms with E-state index >= 15 is 0 Å². The second-order valence-corrected chi connectivity index (χ2v) is 7.15. The highest BCUT2D eigenvalue weighted by Crippen LogP contribution is 2.46. The number of rotatable bonds is 5. The minimum absolute atomic E-state index is 0.377. The predicted molar refractivity (Wildman–Crippen MR) is 112 cm³/mol. The van der Waals surface area contributed by atoms with E-state index in [1.54, 1.807) is 0 Å². The van der Waals surface area contributed by atoms with Crippen molar-refractivity contribution < 1.29 is 57.6 Å². The average Bonchev–Trinajstić information content (AvgIpc) is 2.71. The molecule has 12 nitrogen and oxygen atoms in total. The zero-order chi connectivity index (χ0) is 26.2. The molecule has 0 unspecified atom stereocenters. The number of hydrogen-bond acceptors (Lipinski definition) is 11. The van der Waals surface area contributed by atoms with Gasteiger partial charge < -0.3 is 24.1 Å². The van der Waals surface area contributed by atoms with Crippen LogP contribution in [0.15, 0.2) is 18.2 Å². The molecule has 1 aliphatic rings. The number of aromatic carboxylic acids is 1. The number of fused-ring (bicyclic) bond motifs is 2. The third-order valence-corrected chi connectivity index (χ3v) is 4.52. The number of carboxylic acids is 1. The summed E-state index contributed by atoms with van der Waals surface area (Å²) in [6.45, 7) is 3.97. The Morgan fingerprint density at radius 3 is 1.37 bits per heavy atom. The normalized spacial score (nSPS) is 11.7. The molecule has 180 valence electrons. The molecule has 1 N–H and O–H groups in total. The number of ketones is 2. The van der Waals surface area contributed by atoms with Crippen LogP contribution in [0.2, 0.25) is 0 Å². The van der Waals surface area contributed by atoms with Crippen LogP contribution in [0.5, 0.6) is 23.0 Å². The summed E-state index contributed by atoms with van der Waals surface area (Å²) in [6.07, 6.45) is 0. The third-order valence-electron chi connectivity index (χ3n) is 4.52. The van der Waals surface area contributed by atoms with Gasteiger partial charge in [0.2, 0.25) is 11.6 Å². The number of carbonyl (C=O) groups is 7. The summed E-state index contributed by atoms with van der Waals surface area (Å²) in [5, 5.41) is 9.65. The Morgan fingerprint density at radius 2 is 0.971 bits per heavy atom. The summed E-state index contributed by atoms with van der Waals surface area (Å²) in [5.41, 5.74) is -3.16. The van der Waals surface area contributed by atoms with Crippen LogP contribution in [0.3, 0.4) is 0 Å². The van der Waals surface area contributed by atoms with E-state index in [0.29, 0.717) is 0 Å². The Balaban J connectivity index is 2.50. The SMILES string of the molecule is CC(=O)Oc1ccc(OC(C)=O)c2c1C(=O)c1c(OC(C)=O)cc(C(=O)O)c(OC(C)=O)c1C2=O. The van der Waals surface area contributed by atoms with Crippen molar-refractivity contribution in [2.45, 2.75) is 27.7 Å². The standard InChI is InChI=1S/C23H16O12/c1-8(24)32-13-5-6-14(33-9(2)25)17-16(13)20(28)18-15(34-10(3)26)7-12(23(30)31)22(35-11(4)27)19(18)21(17)29/h5-7H,1-4H3,(H,30,31). The van der Waals surface area contributed by atoms with Crippen molar-refractivity contribution in [1.82, 2.24) is 0 Å². The van der Waals surface area contributed by atoms with Crippen molar-refractivity contribution in [2.24, 2.45) is 0 Å². The number of carbonyl (C=O) groups excluding carboxylic acids is 6. The summed E-state index contributed by atoms with van der Waals surface area (Å²) < 4.78 is 20.1. The number of ether oxygens (including phenoxy) is 4. The van der Waals surface area contributed by atoms with Crippen LogP contribution in [-0.4, -0.2) is 46.5 Å². The third kappa shape index (κ3) is 4.62. The molecule has 0 saturated heterocycles. The van der Waals surface area contributed by atoms with Crippen LogP contribution in [0.4, 0.5) is 0 Å². The quantitative estimate of drug-likeness (QED) is 0.411. The fourth-order valence-corrected chi connectivity index (χ4v) is 3.47. The van der Waals surface area contributed by atoms with Crippen molar-refractivity contribution in [1.29, 1.82) is 0 Å². The van der Waals surface area contributed by atoms with Gasteiger partial charge in [-0.15, -0.1) is 0 Å². The minimum Gasteiger partial charge on any atom is -0.478 e. The van der Waals surface area contributed by atoms with Gasteiger partial charge in [0.05, 0.1) is 22.3 Å². The van der Waals surface area contributed by atoms with Gasteiger partial charge in [-0.25, -0.2) is 4.79 Å². The lowest BCUT2D eigenvalue weighted by atomic mass is 9.81. The first kappa shape index (κ1) is 24.8. The number of benzene rings is 2. The monoisotopic (exact) mass is 484 g/mol. The molecular weight excluding hydrogens is 468 g/mol. The highest BCUT2D eigenvalue weighted by molar-refractivity contribution is 6.33. The lowest BCUT2D eigenvalue weighted by molar-refractivity contribution is -0.133. The van der Waals surface area contributed by atoms with Crippen LogP contribution >= 0.6 is 0 Å². The summed E-state index contributed by atoms with van der Waals surface area (Å²) >= 11 is 0. The first-order valence-electron chi connectivity index (χ1n) is 9.77. The van der Waals surface area contributed by atoms with Crippen molar-refractivity contribution in [2.75, 3.05) is 0 Å². The van der Waals surface area contributed by atoms with Gasteiger partial charge >= 0.3 is 29.8 Å². The van der Waals surface area contributed by atoms with Crippen molar-refractivity contribution in [3.05, 3.63) is 46.0 Å². The zero-order valence-corrected chi connectivity index (χ0v) is 18.7. The molecule has 0 spiro atoms. The molecule has 0 radical (unpaired) electrons. The van der Waals surface area contributed by atoms with Gasteiger partial charge in [0.25, 0.3) is 0 Å². The molecule has 0 saturated carbocycles. The molecule has 12 heteroatoms. The molecule has 0 bridgehead atoms. The molecule has 3 rings (SSSR count). The fraction of sp³-hybridized carbons (Fsp3) is 0.174. The van der Waals surface area contributed by atoms with Gasteiger partial charge in [0.15, 0.2) is 5.75 Å². The second kappa shape index (κ2) is 9.17. The predicted octanol–water partition coefficient (Wildman–Crippen LogP) is 1.86. The van der Waals surface area contributed by atoms with Gasteiger partial charge in [-0.3, -0.25) is 28.8 Å². The van der Waals surface area contributed by atoms with Crippen molar-refractivity contribution in [3.63, 3.8) is 0 Å². The van der Waals surface area contributed by atoms with Gasteiger partial charge in [0.1, 0.15) is 22.8 Å². The van der Waals surface area contributed by atoms with Gasteiger partial charge in [-0.05, 0) is 12.1 Å². The lowest BCUT2D eigenvalue weighted by Gasteiger charge is -2.25. The molecule has 0 aromatic heterocycles. The van der Waals surface area contributed by atoms with E-state index in [-0.39, 0.29) is 5.75 Å². The summed E-state index contributed by atoms with van der Waals surface area (Å²) in [4.78, 5) is 85.9. The summed E-state index contributed by atoms with van der Waals surface area (Å²) in [7, 11) is 0. The second-order valence-electron chi connectivity index (χ2n) is 7.15. The minimum atomic E-state index is -1.67. The Labute approximate surface area is 196 Å². The Bertz CT molecular complexity index is 1370. The molecule has 1 aliphatic carbocycles. The fourth-order valence-electron chi connectivity index (χ4n) is 3.47. The first-order valence-corrected chi connectivity index (χ1v) is 9.77. The molecule has 0 atom stereocenters. The number of carboxylic acid groups (broad SMARTS) is 1. The lowest BCUT2D eigenvalue weighted by Crippen LogP contribution is -2.27. The van der Waals surface area contributed by atoms with E-state index < -0.39 is 86.5 Å². The molecule has 2 aromatic carbocycles.